The number of unbranched alkanes of at least 4 members (excludes halogenated alkanes) is 2. The molecule has 0 unspecified atom stereocenters. The predicted molar refractivity (Wildman–Crippen MR) is 152 cm³/mol. The standard InChI is InChI=1S/C29H48N4O7/c1-21(2)18-38-27(35)25(15-9-11-17-32-29(37)40-20-23-12-6-5-7-13-23)33-26(34)24(30)14-8-10-16-31-28(36)39-19-22(3)4/h5-7,12-13,21-22,24-25H,8-11,14-20,30H2,1-4H3,(H,31,36)(H,32,37)(H,33,34)/t24-,25-/m0/s1. The quantitative estimate of drug-likeness (QED) is 0.113. The molecule has 11 nitrogen and oxygen atoms in total. The lowest BCUT2D eigenvalue weighted by molar-refractivity contribution is -0.149. The molecule has 0 radical (unpaired) electrons. The summed E-state index contributed by atoms with van der Waals surface area (Å²) in [7, 11) is 0. The van der Waals surface area contributed by atoms with E-state index in [-0.39, 0.29) is 25.0 Å². The molecule has 11 heteroatoms. The van der Waals surface area contributed by atoms with Crippen molar-refractivity contribution in [2.24, 2.45) is 17.6 Å². The van der Waals surface area contributed by atoms with Crippen molar-refractivity contribution in [1.29, 1.82) is 0 Å². The van der Waals surface area contributed by atoms with Crippen molar-refractivity contribution in [3.63, 3.8) is 0 Å². The summed E-state index contributed by atoms with van der Waals surface area (Å²) in [6.45, 7) is 9.35. The minimum atomic E-state index is -0.834. The van der Waals surface area contributed by atoms with Crippen molar-refractivity contribution in [3.8, 4) is 0 Å². The van der Waals surface area contributed by atoms with Crippen LogP contribution in [-0.2, 0) is 30.4 Å². The molecule has 0 aliphatic rings. The summed E-state index contributed by atoms with van der Waals surface area (Å²) >= 11 is 0. The third kappa shape index (κ3) is 17.3. The molecule has 1 aromatic rings. The van der Waals surface area contributed by atoms with Crippen LogP contribution in [0.3, 0.4) is 0 Å². The lowest BCUT2D eigenvalue weighted by Gasteiger charge is -2.21. The second kappa shape index (κ2) is 20.5. The van der Waals surface area contributed by atoms with Crippen molar-refractivity contribution in [1.82, 2.24) is 16.0 Å². The Balaban J connectivity index is 2.38. The summed E-state index contributed by atoms with van der Waals surface area (Å²) < 4.78 is 15.6. The molecule has 226 valence electrons. The molecule has 0 aliphatic carbocycles. The van der Waals surface area contributed by atoms with Crippen molar-refractivity contribution >= 4 is 24.1 Å². The number of alkyl carbamates (subject to hydrolysis) is 2. The molecule has 0 spiro atoms. The number of esters is 1. The molecule has 0 heterocycles. The van der Waals surface area contributed by atoms with E-state index < -0.39 is 36.1 Å². The first-order chi connectivity index (χ1) is 19.1. The van der Waals surface area contributed by atoms with E-state index in [1.807, 2.05) is 58.0 Å². The fourth-order valence-corrected chi connectivity index (χ4v) is 3.42. The molecule has 5 N–H and O–H groups in total. The summed E-state index contributed by atoms with van der Waals surface area (Å²) in [5.41, 5.74) is 6.95. The summed E-state index contributed by atoms with van der Waals surface area (Å²) in [6.07, 6.45) is 2.18. The highest BCUT2D eigenvalue weighted by Gasteiger charge is 2.25. The van der Waals surface area contributed by atoms with Gasteiger partial charge in [-0.3, -0.25) is 4.79 Å². The highest BCUT2D eigenvalue weighted by atomic mass is 16.6. The minimum absolute atomic E-state index is 0.157. The van der Waals surface area contributed by atoms with Crippen LogP contribution >= 0.6 is 0 Å². The van der Waals surface area contributed by atoms with Crippen LogP contribution in [-0.4, -0.2) is 62.4 Å². The van der Waals surface area contributed by atoms with Gasteiger partial charge in [0.05, 0.1) is 19.3 Å². The van der Waals surface area contributed by atoms with E-state index >= 15 is 0 Å². The number of ether oxygens (including phenoxy) is 3. The maximum atomic E-state index is 12.7. The van der Waals surface area contributed by atoms with Gasteiger partial charge in [-0.15, -0.1) is 0 Å². The number of carbonyl (C=O) groups is 4. The molecule has 0 saturated carbocycles. The Morgan fingerprint density at radius 1 is 0.750 bits per heavy atom. The second-order valence-electron chi connectivity index (χ2n) is 10.6. The van der Waals surface area contributed by atoms with Gasteiger partial charge in [-0.25, -0.2) is 14.4 Å². The first-order valence-electron chi connectivity index (χ1n) is 14.2. The summed E-state index contributed by atoms with van der Waals surface area (Å²) in [5, 5.41) is 8.08. The molecular weight excluding hydrogens is 516 g/mol. The molecule has 0 fully saturated rings. The molecule has 3 amide bonds. The lowest BCUT2D eigenvalue weighted by atomic mass is 10.1. The number of benzene rings is 1. The van der Waals surface area contributed by atoms with Gasteiger partial charge < -0.3 is 35.9 Å². The second-order valence-corrected chi connectivity index (χ2v) is 10.6. The number of amides is 3. The van der Waals surface area contributed by atoms with E-state index in [4.69, 9.17) is 19.9 Å². The van der Waals surface area contributed by atoms with Crippen LogP contribution < -0.4 is 21.7 Å². The Kier molecular flexibility index (Phi) is 17.8. The maximum absolute atomic E-state index is 12.7. The third-order valence-corrected chi connectivity index (χ3v) is 5.66. The van der Waals surface area contributed by atoms with Crippen LogP contribution in [0.4, 0.5) is 9.59 Å². The maximum Gasteiger partial charge on any atom is 0.407 e. The Bertz CT molecular complexity index is 880. The normalized spacial score (nSPS) is 12.4. The Morgan fingerprint density at radius 2 is 1.30 bits per heavy atom. The fraction of sp³-hybridized carbons (Fsp3) is 0.655. The van der Waals surface area contributed by atoms with Crippen molar-refractivity contribution < 1.29 is 33.4 Å². The van der Waals surface area contributed by atoms with Gasteiger partial charge in [0, 0.05) is 13.1 Å². The van der Waals surface area contributed by atoms with E-state index in [1.54, 1.807) is 0 Å². The van der Waals surface area contributed by atoms with Gasteiger partial charge in [0.15, 0.2) is 0 Å². The van der Waals surface area contributed by atoms with Gasteiger partial charge in [0.25, 0.3) is 0 Å². The zero-order chi connectivity index (χ0) is 29.8. The van der Waals surface area contributed by atoms with E-state index in [0.717, 1.165) is 5.56 Å². The molecular formula is C29H48N4O7. The summed E-state index contributed by atoms with van der Waals surface area (Å²) in [4.78, 5) is 48.8. The summed E-state index contributed by atoms with van der Waals surface area (Å²) in [5.74, 6) is -0.517. The molecule has 1 rings (SSSR count). The zero-order valence-electron chi connectivity index (χ0n) is 24.4. The van der Waals surface area contributed by atoms with E-state index in [0.29, 0.717) is 58.2 Å². The van der Waals surface area contributed by atoms with Gasteiger partial charge in [-0.1, -0.05) is 58.0 Å². The average Bonchev–Trinajstić information content (AvgIpc) is 2.92. The lowest BCUT2D eigenvalue weighted by Crippen LogP contribution is -2.49. The highest BCUT2D eigenvalue weighted by molar-refractivity contribution is 5.87. The number of hydrogen-bond donors (Lipinski definition) is 4. The van der Waals surface area contributed by atoms with Crippen LogP contribution in [0.5, 0.6) is 0 Å². The van der Waals surface area contributed by atoms with Crippen LogP contribution in [0.25, 0.3) is 0 Å². The first kappa shape index (κ1) is 34.7. The predicted octanol–water partition coefficient (Wildman–Crippen LogP) is 3.65. The topological polar surface area (TPSA) is 158 Å². The van der Waals surface area contributed by atoms with Crippen LogP contribution in [0.15, 0.2) is 30.3 Å². The average molecular weight is 565 g/mol. The highest BCUT2D eigenvalue weighted by Crippen LogP contribution is 2.07. The number of nitrogens with one attached hydrogen (secondary N) is 3. The minimum Gasteiger partial charge on any atom is -0.464 e. The van der Waals surface area contributed by atoms with E-state index in [9.17, 15) is 19.2 Å². The van der Waals surface area contributed by atoms with Crippen LogP contribution in [0.1, 0.15) is 71.8 Å². The smallest absolute Gasteiger partial charge is 0.407 e. The van der Waals surface area contributed by atoms with Crippen LogP contribution in [0, 0.1) is 11.8 Å². The van der Waals surface area contributed by atoms with Gasteiger partial charge in [0.1, 0.15) is 12.6 Å². The SMILES string of the molecule is CC(C)COC(=O)NCCCC[C@H](N)C(=O)N[C@@H](CCCCNC(=O)OCc1ccccc1)C(=O)OCC(C)C. The molecule has 1 aromatic carbocycles. The van der Waals surface area contributed by atoms with Gasteiger partial charge in [0.2, 0.25) is 5.91 Å². The molecule has 2 atom stereocenters. The van der Waals surface area contributed by atoms with Crippen molar-refractivity contribution in [3.05, 3.63) is 35.9 Å². The molecule has 0 aromatic heterocycles. The molecule has 0 saturated heterocycles. The number of rotatable bonds is 19. The Hall–Kier alpha value is -3.34. The zero-order valence-corrected chi connectivity index (χ0v) is 24.4. The van der Waals surface area contributed by atoms with Crippen molar-refractivity contribution in [2.45, 2.75) is 84.9 Å². The number of carbonyl (C=O) groups excluding carboxylic acids is 4. The van der Waals surface area contributed by atoms with Crippen molar-refractivity contribution in [2.75, 3.05) is 26.3 Å². The van der Waals surface area contributed by atoms with E-state index in [1.165, 1.54) is 0 Å². The molecule has 40 heavy (non-hydrogen) atoms. The monoisotopic (exact) mass is 564 g/mol. The fourth-order valence-electron chi connectivity index (χ4n) is 3.42. The largest absolute Gasteiger partial charge is 0.464 e. The molecule has 0 bridgehead atoms. The van der Waals surface area contributed by atoms with Gasteiger partial charge >= 0.3 is 18.2 Å². The number of nitrogens with two attached hydrogens (primary N) is 1. The van der Waals surface area contributed by atoms with Gasteiger partial charge in [-0.2, -0.15) is 0 Å². The van der Waals surface area contributed by atoms with E-state index in [2.05, 4.69) is 16.0 Å². The Labute approximate surface area is 238 Å². The Morgan fingerprint density at radius 3 is 1.90 bits per heavy atom. The van der Waals surface area contributed by atoms with Crippen LogP contribution in [0.2, 0.25) is 0 Å². The number of hydrogen-bond acceptors (Lipinski definition) is 8. The van der Waals surface area contributed by atoms with Gasteiger partial charge in [-0.05, 0) is 55.9 Å². The third-order valence-electron chi connectivity index (χ3n) is 5.66. The summed E-state index contributed by atoms with van der Waals surface area (Å²) in [6, 6.07) is 7.75. The molecule has 0 aliphatic heterocycles. The first-order valence-corrected chi connectivity index (χ1v) is 14.2.